The minimum atomic E-state index is -0.226. The Morgan fingerprint density at radius 2 is 2.28 bits per heavy atom. The first-order valence-electron chi connectivity index (χ1n) is 6.32. The van der Waals surface area contributed by atoms with Gasteiger partial charge in [-0.2, -0.15) is 0 Å². The standard InChI is InChI=1S/C14H16FN3/c15-12-3-1-2-11(6-12)13-8-17-14(18-13)9-16-7-10-4-5-10/h1-3,6,8,10,16H,4-5,7,9H2,(H,17,18). The summed E-state index contributed by atoms with van der Waals surface area (Å²) in [6.07, 6.45) is 4.45. The molecule has 1 saturated carbocycles. The van der Waals surface area contributed by atoms with Crippen LogP contribution in [0.2, 0.25) is 0 Å². The van der Waals surface area contributed by atoms with Gasteiger partial charge in [0.15, 0.2) is 0 Å². The number of hydrogen-bond acceptors (Lipinski definition) is 2. The highest BCUT2D eigenvalue weighted by molar-refractivity contribution is 5.58. The Morgan fingerprint density at radius 3 is 3.06 bits per heavy atom. The molecule has 3 nitrogen and oxygen atoms in total. The van der Waals surface area contributed by atoms with E-state index in [4.69, 9.17) is 0 Å². The van der Waals surface area contributed by atoms with Crippen LogP contribution < -0.4 is 5.32 Å². The molecule has 2 N–H and O–H groups in total. The molecule has 1 aromatic heterocycles. The van der Waals surface area contributed by atoms with E-state index in [2.05, 4.69) is 15.3 Å². The van der Waals surface area contributed by atoms with Crippen LogP contribution in [-0.4, -0.2) is 16.5 Å². The number of H-pyrrole nitrogens is 1. The zero-order valence-electron chi connectivity index (χ0n) is 10.1. The fourth-order valence-electron chi connectivity index (χ4n) is 1.97. The van der Waals surface area contributed by atoms with Crippen LogP contribution in [0.1, 0.15) is 18.7 Å². The van der Waals surface area contributed by atoms with Crippen molar-refractivity contribution in [3.8, 4) is 11.3 Å². The van der Waals surface area contributed by atoms with Crippen molar-refractivity contribution in [2.75, 3.05) is 6.54 Å². The predicted octanol–water partition coefficient (Wildman–Crippen LogP) is 2.72. The highest BCUT2D eigenvalue weighted by Gasteiger charge is 2.20. The summed E-state index contributed by atoms with van der Waals surface area (Å²) in [4.78, 5) is 7.51. The molecule has 0 saturated heterocycles. The average Bonchev–Trinajstić information content (AvgIpc) is 3.06. The lowest BCUT2D eigenvalue weighted by Crippen LogP contribution is -2.16. The molecule has 1 aromatic carbocycles. The van der Waals surface area contributed by atoms with Gasteiger partial charge in [0.05, 0.1) is 18.4 Å². The molecule has 1 fully saturated rings. The van der Waals surface area contributed by atoms with Crippen molar-refractivity contribution >= 4 is 0 Å². The van der Waals surface area contributed by atoms with Gasteiger partial charge in [-0.1, -0.05) is 12.1 Å². The molecule has 0 amide bonds. The molecule has 1 aliphatic rings. The van der Waals surface area contributed by atoms with Crippen LogP contribution in [-0.2, 0) is 6.54 Å². The van der Waals surface area contributed by atoms with Crippen molar-refractivity contribution in [3.05, 3.63) is 42.1 Å². The van der Waals surface area contributed by atoms with Crippen LogP contribution in [0.4, 0.5) is 4.39 Å². The van der Waals surface area contributed by atoms with Crippen LogP contribution >= 0.6 is 0 Å². The van der Waals surface area contributed by atoms with E-state index in [0.29, 0.717) is 0 Å². The predicted molar refractivity (Wildman–Crippen MR) is 68.4 cm³/mol. The smallest absolute Gasteiger partial charge is 0.123 e. The second-order valence-electron chi connectivity index (χ2n) is 4.83. The molecule has 0 bridgehead atoms. The van der Waals surface area contributed by atoms with Gasteiger partial charge >= 0.3 is 0 Å². The summed E-state index contributed by atoms with van der Waals surface area (Å²) in [5, 5.41) is 3.37. The van der Waals surface area contributed by atoms with Crippen molar-refractivity contribution in [3.63, 3.8) is 0 Å². The lowest BCUT2D eigenvalue weighted by Gasteiger charge is -2.00. The molecular weight excluding hydrogens is 229 g/mol. The summed E-state index contributed by atoms with van der Waals surface area (Å²) in [5.41, 5.74) is 1.69. The van der Waals surface area contributed by atoms with Gasteiger partial charge in [-0.3, -0.25) is 0 Å². The number of benzene rings is 1. The summed E-state index contributed by atoms with van der Waals surface area (Å²) in [6.45, 7) is 1.81. The molecule has 0 aliphatic heterocycles. The molecule has 3 rings (SSSR count). The maximum absolute atomic E-state index is 13.1. The van der Waals surface area contributed by atoms with Crippen LogP contribution in [0.25, 0.3) is 11.3 Å². The van der Waals surface area contributed by atoms with Gasteiger partial charge in [-0.15, -0.1) is 0 Å². The Labute approximate surface area is 105 Å². The maximum Gasteiger partial charge on any atom is 0.123 e. The lowest BCUT2D eigenvalue weighted by molar-refractivity contribution is 0.623. The molecule has 0 spiro atoms. The van der Waals surface area contributed by atoms with Crippen molar-refractivity contribution in [2.24, 2.45) is 5.92 Å². The first kappa shape index (κ1) is 11.4. The number of hydrogen-bond donors (Lipinski definition) is 2. The third kappa shape index (κ3) is 2.76. The lowest BCUT2D eigenvalue weighted by atomic mass is 10.2. The number of aromatic amines is 1. The Morgan fingerprint density at radius 1 is 1.39 bits per heavy atom. The van der Waals surface area contributed by atoms with Gasteiger partial charge in [0, 0.05) is 5.56 Å². The third-order valence-electron chi connectivity index (χ3n) is 3.19. The second kappa shape index (κ2) is 4.90. The van der Waals surface area contributed by atoms with Gasteiger partial charge in [0.1, 0.15) is 11.6 Å². The van der Waals surface area contributed by atoms with Gasteiger partial charge in [-0.25, -0.2) is 9.37 Å². The number of nitrogens with one attached hydrogen (secondary N) is 2. The van der Waals surface area contributed by atoms with E-state index >= 15 is 0 Å². The van der Waals surface area contributed by atoms with E-state index in [1.807, 2.05) is 6.07 Å². The van der Waals surface area contributed by atoms with Crippen molar-refractivity contribution in [2.45, 2.75) is 19.4 Å². The number of rotatable bonds is 5. The minimum Gasteiger partial charge on any atom is -0.341 e. The molecule has 0 radical (unpaired) electrons. The Balaban J connectivity index is 1.64. The quantitative estimate of drug-likeness (QED) is 0.850. The Bertz CT molecular complexity index is 531. The van der Waals surface area contributed by atoms with Gasteiger partial charge < -0.3 is 10.3 Å². The molecular formula is C14H16FN3. The number of nitrogens with zero attached hydrogens (tertiary/aromatic N) is 1. The summed E-state index contributed by atoms with van der Waals surface area (Å²) in [5.74, 6) is 1.54. The fourth-order valence-corrected chi connectivity index (χ4v) is 1.97. The zero-order valence-corrected chi connectivity index (χ0v) is 10.1. The first-order chi connectivity index (χ1) is 8.81. The monoisotopic (exact) mass is 245 g/mol. The Kier molecular flexibility index (Phi) is 3.11. The molecule has 1 aliphatic carbocycles. The molecule has 2 aromatic rings. The highest BCUT2D eigenvalue weighted by atomic mass is 19.1. The SMILES string of the molecule is Fc1cccc(-c2cnc(CNCC3CC3)[nH]2)c1. The molecule has 4 heteroatoms. The van der Waals surface area contributed by atoms with E-state index < -0.39 is 0 Å². The van der Waals surface area contributed by atoms with Gasteiger partial charge in [0.25, 0.3) is 0 Å². The van der Waals surface area contributed by atoms with E-state index in [-0.39, 0.29) is 5.82 Å². The summed E-state index contributed by atoms with van der Waals surface area (Å²) in [6, 6.07) is 6.53. The third-order valence-corrected chi connectivity index (χ3v) is 3.19. The fraction of sp³-hybridized carbons (Fsp3) is 0.357. The molecule has 0 unspecified atom stereocenters. The van der Waals surface area contributed by atoms with Crippen LogP contribution in [0.15, 0.2) is 30.5 Å². The van der Waals surface area contributed by atoms with Crippen LogP contribution in [0.5, 0.6) is 0 Å². The van der Waals surface area contributed by atoms with E-state index in [0.717, 1.165) is 36.1 Å². The Hall–Kier alpha value is -1.68. The second-order valence-corrected chi connectivity index (χ2v) is 4.83. The van der Waals surface area contributed by atoms with Crippen LogP contribution in [0.3, 0.4) is 0 Å². The van der Waals surface area contributed by atoms with Crippen molar-refractivity contribution in [1.29, 1.82) is 0 Å². The van der Waals surface area contributed by atoms with Gasteiger partial charge in [0.2, 0.25) is 0 Å². The largest absolute Gasteiger partial charge is 0.341 e. The topological polar surface area (TPSA) is 40.7 Å². The molecule has 0 atom stereocenters. The highest BCUT2D eigenvalue weighted by Crippen LogP contribution is 2.27. The number of aromatic nitrogens is 2. The molecule has 1 heterocycles. The average molecular weight is 245 g/mol. The van der Waals surface area contributed by atoms with Crippen LogP contribution in [0, 0.1) is 11.7 Å². The molecule has 18 heavy (non-hydrogen) atoms. The van der Waals surface area contributed by atoms with E-state index in [1.54, 1.807) is 12.3 Å². The maximum atomic E-state index is 13.1. The number of imidazole rings is 1. The van der Waals surface area contributed by atoms with E-state index in [9.17, 15) is 4.39 Å². The normalized spacial score (nSPS) is 14.9. The summed E-state index contributed by atoms with van der Waals surface area (Å²) >= 11 is 0. The zero-order chi connectivity index (χ0) is 12.4. The van der Waals surface area contributed by atoms with Crippen molar-refractivity contribution in [1.82, 2.24) is 15.3 Å². The van der Waals surface area contributed by atoms with Crippen molar-refractivity contribution < 1.29 is 4.39 Å². The number of halogens is 1. The first-order valence-corrected chi connectivity index (χ1v) is 6.32. The summed E-state index contributed by atoms with van der Waals surface area (Å²) in [7, 11) is 0. The summed E-state index contributed by atoms with van der Waals surface area (Å²) < 4.78 is 13.1. The minimum absolute atomic E-state index is 0.226. The molecule has 94 valence electrons. The van der Waals surface area contributed by atoms with Gasteiger partial charge in [-0.05, 0) is 37.4 Å². The van der Waals surface area contributed by atoms with E-state index in [1.165, 1.54) is 25.0 Å².